The minimum absolute atomic E-state index is 0.00396. The Kier molecular flexibility index (Phi) is 4.95. The Morgan fingerprint density at radius 2 is 2.00 bits per heavy atom. The van der Waals surface area contributed by atoms with Crippen molar-refractivity contribution in [3.8, 4) is 23.6 Å². The molecule has 0 saturated heterocycles. The Hall–Kier alpha value is -2.98. The Bertz CT molecular complexity index is 629. The number of nitriles is 2. The van der Waals surface area contributed by atoms with E-state index in [0.717, 1.165) is 0 Å². The molecule has 0 bridgehead atoms. The summed E-state index contributed by atoms with van der Waals surface area (Å²) in [4.78, 5) is 0. The number of aromatic hydroxyl groups is 1. The molecule has 0 aliphatic rings. The summed E-state index contributed by atoms with van der Waals surface area (Å²) in [7, 11) is 0. The summed E-state index contributed by atoms with van der Waals surface area (Å²) in [5.41, 5.74) is -0.106. The van der Waals surface area contributed by atoms with Crippen LogP contribution in [0, 0.1) is 22.7 Å². The fourth-order valence-corrected chi connectivity index (χ4v) is 1.34. The lowest BCUT2D eigenvalue weighted by molar-refractivity contribution is 0.437. The molecule has 19 heavy (non-hydrogen) atoms. The van der Waals surface area contributed by atoms with Gasteiger partial charge in [0.05, 0.1) is 0 Å². The van der Waals surface area contributed by atoms with E-state index >= 15 is 0 Å². The second kappa shape index (κ2) is 6.68. The lowest BCUT2D eigenvalue weighted by atomic mass is 10.1. The van der Waals surface area contributed by atoms with Crippen molar-refractivity contribution in [3.63, 3.8) is 0 Å². The largest absolute Gasteiger partial charge is 0.507 e. The van der Waals surface area contributed by atoms with Crippen molar-refractivity contribution < 1.29 is 9.84 Å². The van der Waals surface area contributed by atoms with Crippen LogP contribution in [0.2, 0.25) is 0 Å². The van der Waals surface area contributed by atoms with Gasteiger partial charge >= 0.3 is 0 Å². The zero-order chi connectivity index (χ0) is 14.3. The van der Waals surface area contributed by atoms with Crippen LogP contribution in [0.15, 0.2) is 48.8 Å². The molecule has 0 radical (unpaired) electrons. The lowest BCUT2D eigenvalue weighted by Crippen LogP contribution is -1.96. The first-order chi connectivity index (χ1) is 9.17. The number of hydrogen-bond acceptors (Lipinski definition) is 4. The first-order valence-electron chi connectivity index (χ1n) is 5.47. The number of rotatable bonds is 4. The molecule has 1 rings (SSSR count). The minimum atomic E-state index is -0.246. The van der Waals surface area contributed by atoms with Crippen LogP contribution in [-0.4, -0.2) is 5.11 Å². The van der Waals surface area contributed by atoms with Crippen molar-refractivity contribution in [3.05, 3.63) is 59.9 Å². The van der Waals surface area contributed by atoms with Gasteiger partial charge < -0.3 is 9.84 Å². The van der Waals surface area contributed by atoms with E-state index in [9.17, 15) is 5.11 Å². The molecule has 0 saturated carbocycles. The van der Waals surface area contributed by atoms with E-state index < -0.39 is 0 Å². The third-order valence-corrected chi connectivity index (χ3v) is 2.25. The monoisotopic (exact) mass is 252 g/mol. The van der Waals surface area contributed by atoms with E-state index in [1.54, 1.807) is 18.2 Å². The van der Waals surface area contributed by atoms with Crippen LogP contribution in [-0.2, 0) is 0 Å². The topological polar surface area (TPSA) is 77.0 Å². The molecule has 0 aliphatic carbocycles. The van der Waals surface area contributed by atoms with Gasteiger partial charge in [0.2, 0.25) is 0 Å². The van der Waals surface area contributed by atoms with E-state index in [-0.39, 0.29) is 22.6 Å². The number of phenolic OH excluding ortho intramolecular Hbond substituents is 1. The maximum atomic E-state index is 9.50. The van der Waals surface area contributed by atoms with Gasteiger partial charge in [0.25, 0.3) is 0 Å². The standard InChI is InChI=1S/C15H12N2O2/c1-3-5-6-11(4-2)19-15-8-7-14(18)12(9-16)13(15)10-17/h3-8,18H,2H2,1H3/b5-3-,11-6+. The maximum Gasteiger partial charge on any atom is 0.146 e. The average molecular weight is 252 g/mol. The highest BCUT2D eigenvalue weighted by Gasteiger charge is 2.14. The zero-order valence-corrected chi connectivity index (χ0v) is 10.4. The minimum Gasteiger partial charge on any atom is -0.507 e. The van der Waals surface area contributed by atoms with Crippen molar-refractivity contribution in [2.24, 2.45) is 0 Å². The number of phenols is 1. The molecule has 0 spiro atoms. The molecule has 0 fully saturated rings. The number of hydrogen-bond donors (Lipinski definition) is 1. The van der Waals surface area contributed by atoms with Gasteiger partial charge in [-0.2, -0.15) is 10.5 Å². The highest BCUT2D eigenvalue weighted by molar-refractivity contribution is 5.60. The van der Waals surface area contributed by atoms with E-state index in [0.29, 0.717) is 5.76 Å². The normalized spacial score (nSPS) is 10.8. The summed E-state index contributed by atoms with van der Waals surface area (Å²) < 4.78 is 5.49. The van der Waals surface area contributed by atoms with Gasteiger partial charge in [-0.15, -0.1) is 0 Å². The second-order valence-electron chi connectivity index (χ2n) is 3.46. The lowest BCUT2D eigenvalue weighted by Gasteiger charge is -2.09. The van der Waals surface area contributed by atoms with Gasteiger partial charge in [-0.1, -0.05) is 18.7 Å². The molecule has 1 aromatic rings. The zero-order valence-electron chi connectivity index (χ0n) is 10.4. The van der Waals surface area contributed by atoms with E-state index in [1.807, 2.05) is 19.1 Å². The fourth-order valence-electron chi connectivity index (χ4n) is 1.34. The predicted molar refractivity (Wildman–Crippen MR) is 71.3 cm³/mol. The van der Waals surface area contributed by atoms with Gasteiger partial charge in [0.1, 0.15) is 40.5 Å². The van der Waals surface area contributed by atoms with Crippen molar-refractivity contribution in [2.45, 2.75) is 6.92 Å². The molecular formula is C15H12N2O2. The first kappa shape index (κ1) is 14.1. The van der Waals surface area contributed by atoms with Gasteiger partial charge in [0, 0.05) is 0 Å². The van der Waals surface area contributed by atoms with Crippen molar-refractivity contribution >= 4 is 0 Å². The molecular weight excluding hydrogens is 240 g/mol. The molecule has 4 heteroatoms. The third kappa shape index (κ3) is 3.24. The molecule has 0 unspecified atom stereocenters. The summed E-state index contributed by atoms with van der Waals surface area (Å²) in [6.45, 7) is 5.45. The Morgan fingerprint density at radius 1 is 1.32 bits per heavy atom. The molecule has 94 valence electrons. The molecule has 0 amide bonds. The van der Waals surface area contributed by atoms with Gasteiger partial charge in [0.15, 0.2) is 0 Å². The molecule has 0 aromatic heterocycles. The maximum absolute atomic E-state index is 9.50. The SMILES string of the molecule is C=C/C(=C\C=C/C)Oc1ccc(O)c(C#N)c1C#N. The molecule has 0 aliphatic heterocycles. The van der Waals surface area contributed by atoms with Crippen LogP contribution < -0.4 is 4.74 Å². The quantitative estimate of drug-likeness (QED) is 0.659. The summed E-state index contributed by atoms with van der Waals surface area (Å²) >= 11 is 0. The molecule has 4 nitrogen and oxygen atoms in total. The van der Waals surface area contributed by atoms with Crippen LogP contribution >= 0.6 is 0 Å². The van der Waals surface area contributed by atoms with Gasteiger partial charge in [-0.3, -0.25) is 0 Å². The molecule has 0 atom stereocenters. The number of ether oxygens (including phenoxy) is 1. The van der Waals surface area contributed by atoms with Crippen molar-refractivity contribution in [1.29, 1.82) is 10.5 Å². The van der Waals surface area contributed by atoms with Gasteiger partial charge in [-0.05, 0) is 31.2 Å². The van der Waals surface area contributed by atoms with Crippen LogP contribution in [0.1, 0.15) is 18.1 Å². The summed E-state index contributed by atoms with van der Waals surface area (Å²) in [5, 5.41) is 27.5. The highest BCUT2D eigenvalue weighted by atomic mass is 16.5. The Labute approximate surface area is 111 Å². The molecule has 1 N–H and O–H groups in total. The average Bonchev–Trinajstić information content (AvgIpc) is 2.44. The Balaban J connectivity index is 3.27. The fraction of sp³-hybridized carbons (Fsp3) is 0.0667. The summed E-state index contributed by atoms with van der Waals surface area (Å²) in [6.07, 6.45) is 6.73. The molecule has 0 heterocycles. The van der Waals surface area contributed by atoms with Gasteiger partial charge in [-0.25, -0.2) is 0 Å². The van der Waals surface area contributed by atoms with Crippen molar-refractivity contribution in [1.82, 2.24) is 0 Å². The third-order valence-electron chi connectivity index (χ3n) is 2.25. The number of benzene rings is 1. The smallest absolute Gasteiger partial charge is 0.146 e. The van der Waals surface area contributed by atoms with Crippen molar-refractivity contribution in [2.75, 3.05) is 0 Å². The van der Waals surface area contributed by atoms with Crippen LogP contribution in [0.3, 0.4) is 0 Å². The van der Waals surface area contributed by atoms with E-state index in [1.165, 1.54) is 18.2 Å². The number of nitrogens with zero attached hydrogens (tertiary/aromatic N) is 2. The van der Waals surface area contributed by atoms with Crippen LogP contribution in [0.5, 0.6) is 11.5 Å². The Morgan fingerprint density at radius 3 is 2.53 bits per heavy atom. The first-order valence-corrected chi connectivity index (χ1v) is 5.47. The summed E-state index contributed by atoms with van der Waals surface area (Å²) in [5.74, 6) is 0.390. The molecule has 1 aromatic carbocycles. The highest BCUT2D eigenvalue weighted by Crippen LogP contribution is 2.29. The number of allylic oxidation sites excluding steroid dienone is 4. The predicted octanol–water partition coefficient (Wildman–Crippen LogP) is 3.16. The summed E-state index contributed by atoms with van der Waals surface area (Å²) in [6, 6.07) is 6.38. The second-order valence-corrected chi connectivity index (χ2v) is 3.46. The van der Waals surface area contributed by atoms with Crippen LogP contribution in [0.25, 0.3) is 0 Å². The van der Waals surface area contributed by atoms with E-state index in [4.69, 9.17) is 15.3 Å². The van der Waals surface area contributed by atoms with Crippen LogP contribution in [0.4, 0.5) is 0 Å². The van der Waals surface area contributed by atoms with E-state index in [2.05, 4.69) is 6.58 Å².